The number of carbonyl (C=O) groups excluding carboxylic acids is 1. The number of hydrogen-bond acceptors (Lipinski definition) is 2. The van der Waals surface area contributed by atoms with E-state index in [1.54, 1.807) is 24.3 Å². The fourth-order valence-corrected chi connectivity index (χ4v) is 2.11. The molecule has 2 aromatic carbocycles. The Morgan fingerprint density at radius 2 is 1.95 bits per heavy atom. The number of aliphatic hydroxyl groups excluding tert-OH is 1. The number of benzene rings is 2. The normalized spacial score (nSPS) is 10.4. The average molecular weight is 314 g/mol. The van der Waals surface area contributed by atoms with E-state index in [1.807, 2.05) is 0 Å². The lowest BCUT2D eigenvalue weighted by Crippen LogP contribution is -2.13. The van der Waals surface area contributed by atoms with E-state index in [4.69, 9.17) is 28.3 Å². The molecule has 1 amide bonds. The summed E-state index contributed by atoms with van der Waals surface area (Å²) in [4.78, 5) is 12.0. The number of aliphatic hydroxyl groups is 1. The summed E-state index contributed by atoms with van der Waals surface area (Å²) in [7, 11) is 0. The van der Waals surface area contributed by atoms with Crippen molar-refractivity contribution in [1.82, 2.24) is 0 Å². The Kier molecular flexibility index (Phi) is 4.60. The lowest BCUT2D eigenvalue weighted by atomic mass is 10.1. The Morgan fingerprint density at radius 3 is 2.65 bits per heavy atom. The molecule has 6 heteroatoms. The first-order chi connectivity index (χ1) is 9.51. The van der Waals surface area contributed by atoms with Crippen LogP contribution in [0.5, 0.6) is 0 Å². The van der Waals surface area contributed by atoms with Gasteiger partial charge in [-0.05, 0) is 29.8 Å². The van der Waals surface area contributed by atoms with Gasteiger partial charge in [0, 0.05) is 5.69 Å². The maximum absolute atomic E-state index is 13.4. The first-order valence-corrected chi connectivity index (χ1v) is 6.42. The molecule has 20 heavy (non-hydrogen) atoms. The van der Waals surface area contributed by atoms with Crippen molar-refractivity contribution >= 4 is 34.8 Å². The lowest BCUT2D eigenvalue weighted by molar-refractivity contribution is 0.102. The van der Waals surface area contributed by atoms with Gasteiger partial charge in [-0.2, -0.15) is 0 Å². The van der Waals surface area contributed by atoms with E-state index in [1.165, 1.54) is 6.07 Å². The third-order valence-corrected chi connectivity index (χ3v) is 3.22. The SMILES string of the molecule is O=C(Nc1cccc(CO)c1)c1cc(F)c(Cl)cc1Cl. The average Bonchev–Trinajstić information content (AvgIpc) is 2.43. The molecule has 3 nitrogen and oxygen atoms in total. The summed E-state index contributed by atoms with van der Waals surface area (Å²) in [5, 5.41) is 11.5. The van der Waals surface area contributed by atoms with Crippen molar-refractivity contribution < 1.29 is 14.3 Å². The van der Waals surface area contributed by atoms with E-state index >= 15 is 0 Å². The summed E-state index contributed by atoms with van der Waals surface area (Å²) >= 11 is 11.4. The molecule has 2 N–H and O–H groups in total. The standard InChI is InChI=1S/C14H10Cl2FNO2/c15-11-6-12(16)13(17)5-10(11)14(20)18-9-3-1-2-8(4-9)7-19/h1-6,19H,7H2,(H,18,20). The van der Waals surface area contributed by atoms with Gasteiger partial charge in [-0.15, -0.1) is 0 Å². The topological polar surface area (TPSA) is 49.3 Å². The summed E-state index contributed by atoms with van der Waals surface area (Å²) in [6, 6.07) is 8.82. The second-order valence-corrected chi connectivity index (χ2v) is 4.87. The summed E-state index contributed by atoms with van der Waals surface area (Å²) in [6.07, 6.45) is 0. The Labute approximate surface area is 124 Å². The number of nitrogens with one attached hydrogen (secondary N) is 1. The molecule has 0 atom stereocenters. The van der Waals surface area contributed by atoms with Gasteiger partial charge in [-0.25, -0.2) is 4.39 Å². The molecule has 0 saturated carbocycles. The van der Waals surface area contributed by atoms with Crippen molar-refractivity contribution in [2.24, 2.45) is 0 Å². The van der Waals surface area contributed by atoms with E-state index in [0.717, 1.165) is 6.07 Å². The summed E-state index contributed by atoms with van der Waals surface area (Å²) in [5.74, 6) is -1.27. The third kappa shape index (κ3) is 3.28. The molecule has 0 saturated heterocycles. The smallest absolute Gasteiger partial charge is 0.257 e. The van der Waals surface area contributed by atoms with Crippen LogP contribution in [0.15, 0.2) is 36.4 Å². The predicted molar refractivity (Wildman–Crippen MR) is 76.7 cm³/mol. The van der Waals surface area contributed by atoms with Crippen LogP contribution < -0.4 is 5.32 Å². The van der Waals surface area contributed by atoms with Gasteiger partial charge in [0.2, 0.25) is 0 Å². The van der Waals surface area contributed by atoms with Crippen LogP contribution >= 0.6 is 23.2 Å². The fourth-order valence-electron chi connectivity index (χ4n) is 1.64. The molecule has 0 unspecified atom stereocenters. The molecule has 0 radical (unpaired) electrons. The minimum Gasteiger partial charge on any atom is -0.392 e. The highest BCUT2D eigenvalue weighted by Crippen LogP contribution is 2.25. The zero-order valence-corrected chi connectivity index (χ0v) is 11.7. The van der Waals surface area contributed by atoms with Crippen molar-refractivity contribution in [3.63, 3.8) is 0 Å². The van der Waals surface area contributed by atoms with E-state index < -0.39 is 11.7 Å². The quantitative estimate of drug-likeness (QED) is 0.845. The maximum atomic E-state index is 13.4. The largest absolute Gasteiger partial charge is 0.392 e. The van der Waals surface area contributed by atoms with Crippen molar-refractivity contribution in [2.45, 2.75) is 6.61 Å². The van der Waals surface area contributed by atoms with Crippen LogP contribution in [0.3, 0.4) is 0 Å². The zero-order valence-electron chi connectivity index (χ0n) is 10.2. The molecule has 0 aliphatic carbocycles. The molecule has 104 valence electrons. The van der Waals surface area contributed by atoms with Gasteiger partial charge in [0.05, 0.1) is 22.2 Å². The molecular weight excluding hydrogens is 304 g/mol. The van der Waals surface area contributed by atoms with Gasteiger partial charge in [0.25, 0.3) is 5.91 Å². The number of hydrogen-bond donors (Lipinski definition) is 2. The lowest BCUT2D eigenvalue weighted by Gasteiger charge is -2.08. The van der Waals surface area contributed by atoms with Gasteiger partial charge < -0.3 is 10.4 Å². The predicted octanol–water partition coefficient (Wildman–Crippen LogP) is 3.88. The molecule has 0 aliphatic rings. The first kappa shape index (κ1) is 14.8. The zero-order chi connectivity index (χ0) is 14.7. The molecule has 0 fully saturated rings. The number of carbonyl (C=O) groups is 1. The van der Waals surface area contributed by atoms with Crippen LogP contribution in [0.25, 0.3) is 0 Å². The van der Waals surface area contributed by atoms with Gasteiger partial charge in [0.15, 0.2) is 0 Å². The third-order valence-electron chi connectivity index (χ3n) is 2.62. The Hall–Kier alpha value is -1.62. The number of anilines is 1. The Balaban J connectivity index is 2.26. The van der Waals surface area contributed by atoms with Crippen LogP contribution in [0, 0.1) is 5.82 Å². The van der Waals surface area contributed by atoms with Gasteiger partial charge >= 0.3 is 0 Å². The number of amides is 1. The van der Waals surface area contributed by atoms with Crippen LogP contribution in [0.4, 0.5) is 10.1 Å². The molecule has 0 aliphatic heterocycles. The second kappa shape index (κ2) is 6.22. The maximum Gasteiger partial charge on any atom is 0.257 e. The highest BCUT2D eigenvalue weighted by atomic mass is 35.5. The first-order valence-electron chi connectivity index (χ1n) is 5.67. The summed E-state index contributed by atoms with van der Waals surface area (Å²) in [6.45, 7) is -0.139. The van der Waals surface area contributed by atoms with Crippen molar-refractivity contribution in [3.05, 3.63) is 63.4 Å². The van der Waals surface area contributed by atoms with Gasteiger partial charge in [-0.3, -0.25) is 4.79 Å². The highest BCUT2D eigenvalue weighted by molar-refractivity contribution is 6.37. The molecule has 0 aromatic heterocycles. The van der Waals surface area contributed by atoms with Crippen LogP contribution in [0.1, 0.15) is 15.9 Å². The Bertz CT molecular complexity index is 662. The van der Waals surface area contributed by atoms with Crippen molar-refractivity contribution in [3.8, 4) is 0 Å². The van der Waals surface area contributed by atoms with E-state index in [2.05, 4.69) is 5.32 Å². The van der Waals surface area contributed by atoms with Crippen LogP contribution in [0.2, 0.25) is 10.0 Å². The van der Waals surface area contributed by atoms with Crippen LogP contribution in [-0.4, -0.2) is 11.0 Å². The molecule has 2 rings (SSSR count). The van der Waals surface area contributed by atoms with Gasteiger partial charge in [-0.1, -0.05) is 35.3 Å². The van der Waals surface area contributed by atoms with E-state index in [0.29, 0.717) is 11.3 Å². The second-order valence-electron chi connectivity index (χ2n) is 4.06. The highest BCUT2D eigenvalue weighted by Gasteiger charge is 2.14. The minimum atomic E-state index is -0.717. The van der Waals surface area contributed by atoms with Gasteiger partial charge in [0.1, 0.15) is 5.82 Å². The molecule has 0 bridgehead atoms. The van der Waals surface area contributed by atoms with Crippen molar-refractivity contribution in [1.29, 1.82) is 0 Å². The molecule has 0 heterocycles. The fraction of sp³-hybridized carbons (Fsp3) is 0.0714. The molecular formula is C14H10Cl2FNO2. The number of rotatable bonds is 3. The van der Waals surface area contributed by atoms with Crippen LogP contribution in [-0.2, 0) is 6.61 Å². The molecule has 0 spiro atoms. The van der Waals surface area contributed by atoms with E-state index in [-0.39, 0.29) is 22.2 Å². The molecule has 2 aromatic rings. The minimum absolute atomic E-state index is 0.0111. The summed E-state index contributed by atoms with van der Waals surface area (Å²) < 4.78 is 13.4. The Morgan fingerprint density at radius 1 is 1.20 bits per heavy atom. The van der Waals surface area contributed by atoms with E-state index in [9.17, 15) is 9.18 Å². The summed E-state index contributed by atoms with van der Waals surface area (Å²) in [5.41, 5.74) is 1.12. The van der Waals surface area contributed by atoms with Crippen molar-refractivity contribution in [2.75, 3.05) is 5.32 Å². The number of halogens is 3. The monoisotopic (exact) mass is 313 g/mol.